The first kappa shape index (κ1) is 9.77. The van der Waals surface area contributed by atoms with Gasteiger partial charge in [0.1, 0.15) is 0 Å². The van der Waals surface area contributed by atoms with Crippen molar-refractivity contribution in [3.8, 4) is 0 Å². The second kappa shape index (κ2) is 3.60. The topological polar surface area (TPSA) is 41.6 Å². The van der Waals surface area contributed by atoms with Crippen molar-refractivity contribution in [3.05, 3.63) is 22.0 Å². The van der Waals surface area contributed by atoms with Gasteiger partial charge >= 0.3 is 0 Å². The summed E-state index contributed by atoms with van der Waals surface area (Å²) in [5.41, 5.74) is 1.47. The van der Waals surface area contributed by atoms with Crippen LogP contribution in [-0.4, -0.2) is 15.0 Å². The molecule has 64 valence electrons. The molecule has 0 atom stereocenters. The zero-order chi connectivity index (χ0) is 7.84. The largest absolute Gasteiger partial charge is 0.327 e. The Bertz CT molecular complexity index is 401. The molecule has 2 rings (SSSR count). The van der Waals surface area contributed by atoms with Crippen LogP contribution < -0.4 is 0 Å². The fourth-order valence-corrected chi connectivity index (χ4v) is 1.36. The molecule has 0 bridgehead atoms. The maximum Gasteiger partial charge on any atom is 0.202 e. The summed E-state index contributed by atoms with van der Waals surface area (Å²) in [4.78, 5) is 10.8. The number of aromatic nitrogens is 3. The van der Waals surface area contributed by atoms with E-state index in [1.807, 2.05) is 6.07 Å². The number of pyridine rings is 1. The lowest BCUT2D eigenvalue weighted by Gasteiger charge is -1.86. The van der Waals surface area contributed by atoms with Gasteiger partial charge in [0.15, 0.2) is 5.65 Å². The molecule has 2 aromatic heterocycles. The first-order valence-corrected chi connectivity index (χ1v) is 4.09. The van der Waals surface area contributed by atoms with Crippen LogP contribution in [0.15, 0.2) is 16.7 Å². The predicted molar refractivity (Wildman–Crippen MR) is 53.8 cm³/mol. The molecule has 0 saturated carbocycles. The summed E-state index contributed by atoms with van der Waals surface area (Å²) in [7, 11) is 0. The Morgan fingerprint density at radius 3 is 3.00 bits per heavy atom. The molecule has 0 aliphatic rings. The molecule has 0 unspecified atom stereocenters. The molecule has 2 aromatic rings. The van der Waals surface area contributed by atoms with E-state index in [-0.39, 0.29) is 12.4 Å². The standard InChI is InChI=1S/C6H3BrClN3.ClH/c7-3-1-4-5(9-2-3)11-6(8)10-4;/h1-2H,(H,9,10,11);1H. The molecular weight excluding hydrogens is 265 g/mol. The number of aromatic amines is 1. The highest BCUT2D eigenvalue weighted by atomic mass is 79.9. The summed E-state index contributed by atoms with van der Waals surface area (Å²) in [6, 6.07) is 1.88. The monoisotopic (exact) mass is 267 g/mol. The molecule has 2 heterocycles. The number of hydrogen-bond acceptors (Lipinski definition) is 2. The van der Waals surface area contributed by atoms with Crippen LogP contribution in [0.3, 0.4) is 0 Å². The SMILES string of the molecule is Cl.Clc1nc2ncc(Br)cc2[nH]1. The minimum Gasteiger partial charge on any atom is -0.327 e. The van der Waals surface area contributed by atoms with Crippen molar-refractivity contribution in [1.29, 1.82) is 0 Å². The van der Waals surface area contributed by atoms with Gasteiger partial charge in [-0.05, 0) is 33.6 Å². The molecule has 3 nitrogen and oxygen atoms in total. The van der Waals surface area contributed by atoms with Crippen LogP contribution >= 0.6 is 39.9 Å². The van der Waals surface area contributed by atoms with E-state index >= 15 is 0 Å². The highest BCUT2D eigenvalue weighted by Gasteiger charge is 2.00. The van der Waals surface area contributed by atoms with Crippen molar-refractivity contribution < 1.29 is 0 Å². The number of hydrogen-bond donors (Lipinski definition) is 1. The molecule has 0 amide bonds. The minimum absolute atomic E-state index is 0. The van der Waals surface area contributed by atoms with E-state index in [1.165, 1.54) is 0 Å². The molecule has 0 saturated heterocycles. The number of nitrogens with one attached hydrogen (secondary N) is 1. The summed E-state index contributed by atoms with van der Waals surface area (Å²) in [5, 5.41) is 0.366. The highest BCUT2D eigenvalue weighted by molar-refractivity contribution is 9.10. The molecule has 0 aliphatic heterocycles. The van der Waals surface area contributed by atoms with Crippen LogP contribution in [0.4, 0.5) is 0 Å². The second-order valence-electron chi connectivity index (χ2n) is 2.05. The van der Waals surface area contributed by atoms with Crippen molar-refractivity contribution in [3.63, 3.8) is 0 Å². The Balaban J connectivity index is 0.000000720. The summed E-state index contributed by atoms with van der Waals surface area (Å²) in [6.45, 7) is 0. The highest BCUT2D eigenvalue weighted by Crippen LogP contribution is 2.16. The van der Waals surface area contributed by atoms with Gasteiger partial charge in [-0.1, -0.05) is 0 Å². The van der Waals surface area contributed by atoms with E-state index in [2.05, 4.69) is 30.9 Å². The minimum atomic E-state index is 0. The van der Waals surface area contributed by atoms with Crippen LogP contribution in [0.5, 0.6) is 0 Å². The van der Waals surface area contributed by atoms with Crippen LogP contribution in [0.1, 0.15) is 0 Å². The number of fused-ring (bicyclic) bond motifs is 1. The van der Waals surface area contributed by atoms with Crippen molar-refractivity contribution in [2.45, 2.75) is 0 Å². The Kier molecular flexibility index (Phi) is 2.93. The summed E-state index contributed by atoms with van der Waals surface area (Å²) in [6.07, 6.45) is 1.68. The van der Waals surface area contributed by atoms with Crippen LogP contribution in [-0.2, 0) is 0 Å². The second-order valence-corrected chi connectivity index (χ2v) is 3.33. The Hall–Kier alpha value is -0.320. The third kappa shape index (κ3) is 1.71. The van der Waals surface area contributed by atoms with Crippen LogP contribution in [0.2, 0.25) is 5.28 Å². The van der Waals surface area contributed by atoms with E-state index in [9.17, 15) is 0 Å². The quantitative estimate of drug-likeness (QED) is 0.798. The molecule has 0 aromatic carbocycles. The molecule has 6 heteroatoms. The predicted octanol–water partition coefficient (Wildman–Crippen LogP) is 2.80. The summed E-state index contributed by atoms with van der Waals surface area (Å²) >= 11 is 8.90. The van der Waals surface area contributed by atoms with E-state index in [4.69, 9.17) is 11.6 Å². The van der Waals surface area contributed by atoms with Gasteiger partial charge < -0.3 is 4.98 Å². The molecule has 12 heavy (non-hydrogen) atoms. The van der Waals surface area contributed by atoms with Crippen molar-refractivity contribution in [2.24, 2.45) is 0 Å². The van der Waals surface area contributed by atoms with Gasteiger partial charge in [0.05, 0.1) is 5.52 Å². The van der Waals surface area contributed by atoms with Gasteiger partial charge in [-0.3, -0.25) is 0 Å². The average molecular weight is 269 g/mol. The number of imidazole rings is 1. The summed E-state index contributed by atoms with van der Waals surface area (Å²) in [5.74, 6) is 0. The van der Waals surface area contributed by atoms with E-state index < -0.39 is 0 Å². The van der Waals surface area contributed by atoms with Crippen molar-refractivity contribution in [2.75, 3.05) is 0 Å². The average Bonchev–Trinajstić information content (AvgIpc) is 2.27. The zero-order valence-corrected chi connectivity index (χ0v) is 8.87. The Morgan fingerprint density at radius 2 is 2.25 bits per heavy atom. The van der Waals surface area contributed by atoms with E-state index in [1.54, 1.807) is 6.20 Å². The zero-order valence-electron chi connectivity index (χ0n) is 5.71. The maximum absolute atomic E-state index is 5.61. The molecular formula is C6H4BrCl2N3. The number of rotatable bonds is 0. The lowest BCUT2D eigenvalue weighted by atomic mass is 10.4. The fourth-order valence-electron chi connectivity index (χ4n) is 0.845. The van der Waals surface area contributed by atoms with E-state index in [0.29, 0.717) is 10.9 Å². The van der Waals surface area contributed by atoms with Crippen LogP contribution in [0, 0.1) is 0 Å². The molecule has 0 spiro atoms. The van der Waals surface area contributed by atoms with Crippen LogP contribution in [0.25, 0.3) is 11.2 Å². The first-order valence-electron chi connectivity index (χ1n) is 2.92. The van der Waals surface area contributed by atoms with Gasteiger partial charge in [0.2, 0.25) is 5.28 Å². The molecule has 1 N–H and O–H groups in total. The lowest BCUT2D eigenvalue weighted by Crippen LogP contribution is -1.74. The number of halogens is 3. The van der Waals surface area contributed by atoms with Crippen molar-refractivity contribution in [1.82, 2.24) is 15.0 Å². The fraction of sp³-hybridized carbons (Fsp3) is 0. The molecule has 0 radical (unpaired) electrons. The van der Waals surface area contributed by atoms with Crippen molar-refractivity contribution >= 4 is 51.1 Å². The molecule has 0 aliphatic carbocycles. The first-order chi connectivity index (χ1) is 5.25. The van der Waals surface area contributed by atoms with Gasteiger partial charge in [-0.2, -0.15) is 4.98 Å². The number of H-pyrrole nitrogens is 1. The Labute approximate surface area is 88.1 Å². The lowest BCUT2D eigenvalue weighted by molar-refractivity contribution is 1.30. The Morgan fingerprint density at radius 1 is 1.50 bits per heavy atom. The van der Waals surface area contributed by atoms with Gasteiger partial charge in [0, 0.05) is 10.7 Å². The van der Waals surface area contributed by atoms with Gasteiger partial charge in [-0.25, -0.2) is 4.98 Å². The van der Waals surface area contributed by atoms with E-state index in [0.717, 1.165) is 9.99 Å². The van der Waals surface area contributed by atoms with Gasteiger partial charge in [0.25, 0.3) is 0 Å². The number of nitrogens with zero attached hydrogens (tertiary/aromatic N) is 2. The summed E-state index contributed by atoms with van der Waals surface area (Å²) < 4.78 is 0.908. The third-order valence-corrected chi connectivity index (χ3v) is 1.89. The maximum atomic E-state index is 5.61. The third-order valence-electron chi connectivity index (χ3n) is 1.28. The smallest absolute Gasteiger partial charge is 0.202 e. The molecule has 0 fully saturated rings. The normalized spacial score (nSPS) is 9.83. The van der Waals surface area contributed by atoms with Gasteiger partial charge in [-0.15, -0.1) is 12.4 Å².